The lowest BCUT2D eigenvalue weighted by molar-refractivity contribution is -0.385. The summed E-state index contributed by atoms with van der Waals surface area (Å²) in [5, 5.41) is 17.6. The molecule has 0 atom stereocenters. The number of nitro benzene ring substituents is 1. The molecule has 1 aromatic rings. The minimum atomic E-state index is -0.443. The monoisotopic (exact) mass is 309 g/mol. The van der Waals surface area contributed by atoms with Crippen molar-refractivity contribution in [3.05, 3.63) is 28.3 Å². The number of nitrogens with zero attached hydrogens (tertiary/aromatic N) is 1. The van der Waals surface area contributed by atoms with E-state index in [2.05, 4.69) is 10.6 Å². The number of ether oxygens (including phenoxy) is 2. The molecule has 0 bridgehead atoms. The summed E-state index contributed by atoms with van der Waals surface area (Å²) in [6.07, 6.45) is 2.08. The van der Waals surface area contributed by atoms with Gasteiger partial charge in [0.2, 0.25) is 0 Å². The first-order valence-electron chi connectivity index (χ1n) is 7.36. The van der Waals surface area contributed by atoms with Crippen LogP contribution in [0.1, 0.15) is 12.8 Å². The molecule has 2 N–H and O–H groups in total. The van der Waals surface area contributed by atoms with Crippen molar-refractivity contribution < 1.29 is 14.4 Å². The summed E-state index contributed by atoms with van der Waals surface area (Å²) in [7, 11) is 3.16. The van der Waals surface area contributed by atoms with Crippen molar-refractivity contribution in [2.75, 3.05) is 45.8 Å². The average molecular weight is 309 g/mol. The molecule has 1 heterocycles. The first kappa shape index (κ1) is 16.5. The lowest BCUT2D eigenvalue weighted by atomic mass is 9.79. The van der Waals surface area contributed by atoms with E-state index < -0.39 is 4.92 Å². The van der Waals surface area contributed by atoms with E-state index in [1.807, 2.05) is 0 Å². The smallest absolute Gasteiger partial charge is 0.311 e. The summed E-state index contributed by atoms with van der Waals surface area (Å²) in [5.74, 6) is 0.265. The van der Waals surface area contributed by atoms with E-state index >= 15 is 0 Å². The van der Waals surface area contributed by atoms with E-state index in [4.69, 9.17) is 9.47 Å². The van der Waals surface area contributed by atoms with Crippen molar-refractivity contribution in [1.82, 2.24) is 5.32 Å². The molecule has 122 valence electrons. The van der Waals surface area contributed by atoms with Gasteiger partial charge < -0.3 is 20.1 Å². The van der Waals surface area contributed by atoms with Gasteiger partial charge in [-0.15, -0.1) is 0 Å². The molecule has 22 heavy (non-hydrogen) atoms. The maximum atomic E-state index is 10.9. The zero-order valence-corrected chi connectivity index (χ0v) is 13.1. The zero-order chi connectivity index (χ0) is 16.0. The van der Waals surface area contributed by atoms with Crippen LogP contribution in [0.3, 0.4) is 0 Å². The maximum absolute atomic E-state index is 10.9. The van der Waals surface area contributed by atoms with Gasteiger partial charge >= 0.3 is 5.69 Å². The Kier molecular flexibility index (Phi) is 5.57. The summed E-state index contributed by atoms with van der Waals surface area (Å²) < 4.78 is 10.5. The van der Waals surface area contributed by atoms with E-state index in [-0.39, 0.29) is 16.9 Å². The van der Waals surface area contributed by atoms with Gasteiger partial charge in [0.05, 0.1) is 18.6 Å². The highest BCUT2D eigenvalue weighted by Gasteiger charge is 2.32. The molecule has 0 radical (unpaired) electrons. The molecule has 1 aliphatic rings. The molecule has 1 fully saturated rings. The van der Waals surface area contributed by atoms with Crippen molar-refractivity contribution >= 4 is 11.4 Å². The van der Waals surface area contributed by atoms with Crippen molar-refractivity contribution in [3.8, 4) is 5.75 Å². The fourth-order valence-corrected chi connectivity index (χ4v) is 2.86. The summed E-state index contributed by atoms with van der Waals surface area (Å²) in [5.41, 5.74) is 0.882. The van der Waals surface area contributed by atoms with Gasteiger partial charge in [-0.1, -0.05) is 0 Å². The van der Waals surface area contributed by atoms with Crippen molar-refractivity contribution in [3.63, 3.8) is 0 Å². The number of rotatable bonds is 7. The Labute approximate surface area is 130 Å². The second kappa shape index (κ2) is 7.42. The lowest BCUT2D eigenvalue weighted by Gasteiger charge is -2.37. The molecule has 0 aromatic heterocycles. The fourth-order valence-electron chi connectivity index (χ4n) is 2.86. The number of nitro groups is 1. The molecule has 0 unspecified atom stereocenters. The Morgan fingerprint density at radius 3 is 2.68 bits per heavy atom. The minimum absolute atomic E-state index is 0.0264. The van der Waals surface area contributed by atoms with Crippen LogP contribution in [0.5, 0.6) is 5.75 Å². The largest absolute Gasteiger partial charge is 0.490 e. The van der Waals surface area contributed by atoms with Crippen LogP contribution in [0, 0.1) is 15.5 Å². The predicted octanol–water partition coefficient (Wildman–Crippen LogP) is 2.03. The fraction of sp³-hybridized carbons (Fsp3) is 0.600. The Hall–Kier alpha value is -1.86. The maximum Gasteiger partial charge on any atom is 0.311 e. The van der Waals surface area contributed by atoms with Gasteiger partial charge in [-0.3, -0.25) is 10.1 Å². The highest BCUT2D eigenvalue weighted by molar-refractivity contribution is 5.58. The summed E-state index contributed by atoms with van der Waals surface area (Å²) >= 11 is 0. The molecule has 7 heteroatoms. The van der Waals surface area contributed by atoms with Crippen LogP contribution in [-0.4, -0.2) is 45.4 Å². The molecule has 1 aromatic carbocycles. The first-order valence-corrected chi connectivity index (χ1v) is 7.36. The molecular weight excluding hydrogens is 286 g/mol. The summed E-state index contributed by atoms with van der Waals surface area (Å²) in [6.45, 7) is 3.43. The van der Waals surface area contributed by atoms with Crippen molar-refractivity contribution in [2.45, 2.75) is 12.8 Å². The van der Waals surface area contributed by atoms with Crippen molar-refractivity contribution in [2.24, 2.45) is 5.41 Å². The highest BCUT2D eigenvalue weighted by atomic mass is 16.6. The van der Waals surface area contributed by atoms with Crippen LogP contribution in [0.25, 0.3) is 0 Å². The molecule has 0 aliphatic carbocycles. The third-order valence-corrected chi connectivity index (χ3v) is 4.16. The van der Waals surface area contributed by atoms with E-state index in [1.54, 1.807) is 19.2 Å². The molecule has 0 amide bonds. The van der Waals surface area contributed by atoms with Crippen LogP contribution in [0.15, 0.2) is 18.2 Å². The van der Waals surface area contributed by atoms with Crippen molar-refractivity contribution in [1.29, 1.82) is 0 Å². The number of nitrogens with one attached hydrogen (secondary N) is 2. The van der Waals surface area contributed by atoms with Crippen LogP contribution in [-0.2, 0) is 4.74 Å². The number of hydrogen-bond acceptors (Lipinski definition) is 6. The molecule has 2 rings (SSSR count). The molecular formula is C15H23N3O4. The van der Waals surface area contributed by atoms with Crippen LogP contribution in [0.2, 0.25) is 0 Å². The van der Waals surface area contributed by atoms with E-state index in [0.717, 1.165) is 38.2 Å². The highest BCUT2D eigenvalue weighted by Crippen LogP contribution is 2.32. The number of benzene rings is 1. The van der Waals surface area contributed by atoms with Crippen LogP contribution in [0.4, 0.5) is 11.4 Å². The second-order valence-electron chi connectivity index (χ2n) is 5.68. The van der Waals surface area contributed by atoms with Gasteiger partial charge in [-0.05, 0) is 32.0 Å². The van der Waals surface area contributed by atoms with Gasteiger partial charge in [0.15, 0.2) is 5.75 Å². The Morgan fingerprint density at radius 1 is 1.36 bits per heavy atom. The lowest BCUT2D eigenvalue weighted by Crippen LogP contribution is -2.44. The second-order valence-corrected chi connectivity index (χ2v) is 5.68. The van der Waals surface area contributed by atoms with E-state index in [0.29, 0.717) is 6.61 Å². The first-order chi connectivity index (χ1) is 10.6. The SMILES string of the molecule is COCC1(CNc2ccc([N+](=O)[O-])c(OC)c2)CCNCC1. The minimum Gasteiger partial charge on any atom is -0.490 e. The van der Waals surface area contributed by atoms with Gasteiger partial charge in [0.1, 0.15) is 0 Å². The number of anilines is 1. The van der Waals surface area contributed by atoms with Crippen LogP contribution >= 0.6 is 0 Å². The average Bonchev–Trinajstić information content (AvgIpc) is 2.53. The predicted molar refractivity (Wildman–Crippen MR) is 84.6 cm³/mol. The molecule has 1 aliphatic heterocycles. The Morgan fingerprint density at radius 2 is 2.09 bits per heavy atom. The molecule has 0 spiro atoms. The Balaban J connectivity index is 2.07. The molecule has 1 saturated heterocycles. The standard InChI is InChI=1S/C15H23N3O4/c1-21-11-15(5-7-16-8-6-15)10-17-12-3-4-13(18(19)20)14(9-12)22-2/h3-4,9,16-17H,5-8,10-11H2,1-2H3. The van der Waals surface area contributed by atoms with Gasteiger partial charge in [0.25, 0.3) is 0 Å². The van der Waals surface area contributed by atoms with E-state index in [9.17, 15) is 10.1 Å². The number of methoxy groups -OCH3 is 2. The number of hydrogen-bond donors (Lipinski definition) is 2. The molecule has 7 nitrogen and oxygen atoms in total. The zero-order valence-electron chi connectivity index (χ0n) is 13.1. The molecule has 0 saturated carbocycles. The summed E-state index contributed by atoms with van der Waals surface area (Å²) in [6, 6.07) is 4.84. The van der Waals surface area contributed by atoms with Crippen LogP contribution < -0.4 is 15.4 Å². The number of piperidine rings is 1. The third-order valence-electron chi connectivity index (χ3n) is 4.16. The van der Waals surface area contributed by atoms with Gasteiger partial charge in [0, 0.05) is 36.9 Å². The normalized spacial score (nSPS) is 17.0. The topological polar surface area (TPSA) is 85.7 Å². The van der Waals surface area contributed by atoms with E-state index in [1.165, 1.54) is 13.2 Å². The summed E-state index contributed by atoms with van der Waals surface area (Å²) in [4.78, 5) is 10.5. The van der Waals surface area contributed by atoms with Gasteiger partial charge in [-0.25, -0.2) is 0 Å². The van der Waals surface area contributed by atoms with Gasteiger partial charge in [-0.2, -0.15) is 0 Å². The third kappa shape index (κ3) is 3.86. The quantitative estimate of drug-likeness (QED) is 0.592. The Bertz CT molecular complexity index is 510.